The lowest BCUT2D eigenvalue weighted by Crippen LogP contribution is -2.03. The number of nitrogens with two attached hydrogens (primary N) is 3. The van der Waals surface area contributed by atoms with E-state index in [1.807, 2.05) is 12.1 Å². The van der Waals surface area contributed by atoms with E-state index in [0.29, 0.717) is 28.4 Å². The third-order valence-corrected chi connectivity index (χ3v) is 9.31. The minimum atomic E-state index is -5.04. The molecule has 262 valence electrons. The van der Waals surface area contributed by atoms with Gasteiger partial charge < -0.3 is 22.3 Å². The van der Waals surface area contributed by atoms with E-state index in [9.17, 15) is 31.0 Å². The Morgan fingerprint density at radius 1 is 0.481 bits per heavy atom. The molecule has 0 atom stereocenters. The van der Waals surface area contributed by atoms with E-state index in [4.69, 9.17) is 17.2 Å². The minimum Gasteiger partial charge on any atom is -0.505 e. The average molecular weight is 738 g/mol. The summed E-state index contributed by atoms with van der Waals surface area (Å²) in [7, 11) is -10.1. The van der Waals surface area contributed by atoms with E-state index in [-0.39, 0.29) is 16.5 Å². The highest BCUT2D eigenvalue weighted by Crippen LogP contribution is 2.48. The Hall–Kier alpha value is -6.60. The maximum Gasteiger partial charge on any atom is 0.296 e. The van der Waals surface area contributed by atoms with Crippen molar-refractivity contribution in [3.8, 4) is 16.9 Å². The summed E-state index contributed by atoms with van der Waals surface area (Å²) in [5.41, 5.74) is 20.3. The summed E-state index contributed by atoms with van der Waals surface area (Å²) >= 11 is 0. The molecule has 9 N–H and O–H groups in total. The average Bonchev–Trinajstić information content (AvgIpc) is 3.11. The van der Waals surface area contributed by atoms with Crippen LogP contribution in [0.15, 0.2) is 150 Å². The third kappa shape index (κ3) is 7.59. The smallest absolute Gasteiger partial charge is 0.296 e. The molecule has 0 aliphatic heterocycles. The molecule has 0 aromatic heterocycles. The zero-order chi connectivity index (χ0) is 37.2. The summed E-state index contributed by atoms with van der Waals surface area (Å²) in [6, 6.07) is 28.6. The molecule has 0 radical (unpaired) electrons. The number of phenols is 1. The predicted molar refractivity (Wildman–Crippen MR) is 196 cm³/mol. The van der Waals surface area contributed by atoms with Crippen LogP contribution >= 0.6 is 0 Å². The molecule has 18 heteroatoms. The molecule has 0 saturated heterocycles. The van der Waals surface area contributed by atoms with Crippen LogP contribution in [0.2, 0.25) is 0 Å². The van der Waals surface area contributed by atoms with E-state index in [2.05, 4.69) is 30.7 Å². The van der Waals surface area contributed by atoms with Gasteiger partial charge in [0.2, 0.25) is 0 Å². The fourth-order valence-electron chi connectivity index (χ4n) is 5.00. The molecule has 6 aromatic carbocycles. The summed E-state index contributed by atoms with van der Waals surface area (Å²) in [6.07, 6.45) is 0. The van der Waals surface area contributed by atoms with Gasteiger partial charge >= 0.3 is 0 Å². The molecule has 16 nitrogen and oxygen atoms in total. The summed E-state index contributed by atoms with van der Waals surface area (Å²) < 4.78 is 69.4. The van der Waals surface area contributed by atoms with E-state index in [1.165, 1.54) is 0 Å². The second-order valence-electron chi connectivity index (χ2n) is 11.1. The van der Waals surface area contributed by atoms with Crippen LogP contribution in [0.3, 0.4) is 0 Å². The van der Waals surface area contributed by atoms with Gasteiger partial charge in [0.25, 0.3) is 20.2 Å². The predicted octanol–water partition coefficient (Wildman–Crippen LogP) is 8.70. The molecule has 0 fully saturated rings. The first-order valence-electron chi connectivity index (χ1n) is 14.9. The van der Waals surface area contributed by atoms with Crippen LogP contribution < -0.4 is 17.2 Å². The Morgan fingerprint density at radius 3 is 1.44 bits per heavy atom. The van der Waals surface area contributed by atoms with Crippen LogP contribution in [0, 0.1) is 0 Å². The zero-order valence-electron chi connectivity index (χ0n) is 26.6. The third-order valence-electron chi connectivity index (χ3n) is 7.58. The minimum absolute atomic E-state index is 0.265. The Kier molecular flexibility index (Phi) is 9.46. The molecule has 0 spiro atoms. The highest BCUT2D eigenvalue weighted by molar-refractivity contribution is 7.86. The Bertz CT molecular complexity index is 2650. The van der Waals surface area contributed by atoms with Crippen molar-refractivity contribution < 1.29 is 31.0 Å². The van der Waals surface area contributed by atoms with Crippen molar-refractivity contribution >= 4 is 82.2 Å². The maximum absolute atomic E-state index is 12.4. The largest absolute Gasteiger partial charge is 0.505 e. The van der Waals surface area contributed by atoms with Crippen molar-refractivity contribution in [2.24, 2.45) is 30.7 Å². The second-order valence-corrected chi connectivity index (χ2v) is 13.9. The molecule has 6 rings (SSSR count). The van der Waals surface area contributed by atoms with Crippen molar-refractivity contribution in [2.45, 2.75) is 9.79 Å². The lowest BCUT2D eigenvalue weighted by Gasteiger charge is -2.14. The molecule has 0 unspecified atom stereocenters. The van der Waals surface area contributed by atoms with Crippen LogP contribution in [0.4, 0.5) is 51.2 Å². The van der Waals surface area contributed by atoms with Gasteiger partial charge in [-0.1, -0.05) is 42.5 Å². The molecule has 0 bridgehead atoms. The molecular weight excluding hydrogens is 711 g/mol. The van der Waals surface area contributed by atoms with Gasteiger partial charge in [-0.15, -0.1) is 10.2 Å². The van der Waals surface area contributed by atoms with Crippen molar-refractivity contribution in [1.82, 2.24) is 0 Å². The molecule has 0 saturated carbocycles. The van der Waals surface area contributed by atoms with E-state index < -0.39 is 52.8 Å². The molecule has 0 heterocycles. The Morgan fingerprint density at radius 2 is 0.923 bits per heavy atom. The van der Waals surface area contributed by atoms with Gasteiger partial charge in [-0.2, -0.15) is 37.3 Å². The molecule has 0 amide bonds. The van der Waals surface area contributed by atoms with Crippen LogP contribution in [-0.4, -0.2) is 31.0 Å². The number of azo groups is 3. The fraction of sp³-hybridized carbons (Fsp3) is 0. The molecular formula is C34H27N9O7S2. The lowest BCUT2D eigenvalue weighted by molar-refractivity contribution is 0.472. The van der Waals surface area contributed by atoms with Crippen LogP contribution in [0.25, 0.3) is 21.9 Å². The number of nitrogen functional groups attached to an aromatic ring is 3. The summed E-state index contributed by atoms with van der Waals surface area (Å²) in [5.74, 6) is -0.854. The summed E-state index contributed by atoms with van der Waals surface area (Å²) in [6.45, 7) is 0. The van der Waals surface area contributed by atoms with Gasteiger partial charge in [-0.05, 0) is 83.2 Å². The topological polar surface area (TPSA) is 281 Å². The van der Waals surface area contributed by atoms with Crippen molar-refractivity contribution in [2.75, 3.05) is 17.2 Å². The van der Waals surface area contributed by atoms with Crippen LogP contribution in [0.5, 0.6) is 5.75 Å². The zero-order valence-corrected chi connectivity index (χ0v) is 28.2. The van der Waals surface area contributed by atoms with E-state index >= 15 is 0 Å². The number of anilines is 3. The lowest BCUT2D eigenvalue weighted by atomic mass is 10.0. The van der Waals surface area contributed by atoms with Gasteiger partial charge in [0.05, 0.1) is 45.2 Å². The number of rotatable bonds is 9. The SMILES string of the molecule is Nc1ccc(N=Nc2ccc(-c3ccc(N=Nc4c(S(=O)(=O)O)cc5cc(S(=O)(=O)O)c(N=Nc6ccccc6)c(O)c5c4N)cc3)cc2)cc1N. The van der Waals surface area contributed by atoms with Crippen LogP contribution in [0.1, 0.15) is 0 Å². The number of fused-ring (bicyclic) bond motifs is 1. The number of benzene rings is 6. The molecule has 0 aliphatic carbocycles. The number of phenolic OH excluding ortho intramolecular Hbond substituents is 1. The highest BCUT2D eigenvalue weighted by atomic mass is 32.2. The number of aromatic hydroxyl groups is 1. The number of hydrogen-bond donors (Lipinski definition) is 6. The van der Waals surface area contributed by atoms with E-state index in [0.717, 1.165) is 23.3 Å². The van der Waals surface area contributed by atoms with E-state index in [1.54, 1.807) is 84.9 Å². The van der Waals surface area contributed by atoms with Gasteiger partial charge in [-0.3, -0.25) is 9.11 Å². The highest BCUT2D eigenvalue weighted by Gasteiger charge is 2.28. The standard InChI is InChI=1S/C34H27N9O7S2/c35-26-15-14-25(18-27(26)36)41-38-23-10-6-19(7-11-23)20-8-12-24(13-9-20)40-42-32-28(51(45,46)47)16-21-17-29(52(48,49)50)33(34(44)30(21)31(32)37)43-39-22-4-2-1-3-5-22/h1-18,44H,35-37H2,(H,45,46,47)(H,48,49,50). The van der Waals surface area contributed by atoms with Gasteiger partial charge in [0.15, 0.2) is 5.75 Å². The number of hydrogen-bond acceptors (Lipinski definition) is 14. The first-order valence-corrected chi connectivity index (χ1v) is 17.8. The van der Waals surface area contributed by atoms with Crippen molar-refractivity contribution in [3.63, 3.8) is 0 Å². The van der Waals surface area contributed by atoms with Crippen molar-refractivity contribution in [3.05, 3.63) is 109 Å². The fourth-order valence-corrected chi connectivity index (χ4v) is 6.32. The Labute approximate surface area is 296 Å². The Balaban J connectivity index is 1.33. The van der Waals surface area contributed by atoms with Gasteiger partial charge in [-0.25, -0.2) is 0 Å². The van der Waals surface area contributed by atoms with Gasteiger partial charge in [0.1, 0.15) is 21.2 Å². The maximum atomic E-state index is 12.4. The quantitative estimate of drug-likeness (QED) is 0.0466. The number of nitrogens with zero attached hydrogens (tertiary/aromatic N) is 6. The first-order chi connectivity index (χ1) is 24.7. The van der Waals surface area contributed by atoms with Gasteiger partial charge in [0, 0.05) is 0 Å². The monoisotopic (exact) mass is 737 g/mol. The molecule has 52 heavy (non-hydrogen) atoms. The first kappa shape index (κ1) is 35.2. The normalized spacial score (nSPS) is 12.4. The van der Waals surface area contributed by atoms with Crippen LogP contribution in [-0.2, 0) is 20.2 Å². The molecule has 6 aromatic rings. The van der Waals surface area contributed by atoms with Crippen molar-refractivity contribution in [1.29, 1.82) is 0 Å². The second kappa shape index (κ2) is 14.0. The summed E-state index contributed by atoms with van der Waals surface area (Å²) in [4.78, 5) is -1.73. The molecule has 0 aliphatic rings. The summed E-state index contributed by atoms with van der Waals surface area (Å²) in [5, 5.41) is 34.8.